The van der Waals surface area contributed by atoms with E-state index < -0.39 is 5.82 Å². The van der Waals surface area contributed by atoms with Crippen molar-refractivity contribution < 1.29 is 13.9 Å². The van der Waals surface area contributed by atoms with Gasteiger partial charge in [-0.1, -0.05) is 29.8 Å². The maximum atomic E-state index is 14.1. The monoisotopic (exact) mass is 442 g/mol. The van der Waals surface area contributed by atoms with E-state index in [1.165, 1.54) is 16.7 Å². The second-order valence-electron chi connectivity index (χ2n) is 7.45. The third-order valence-electron chi connectivity index (χ3n) is 5.31. The van der Waals surface area contributed by atoms with Gasteiger partial charge in [0.2, 0.25) is 0 Å². The summed E-state index contributed by atoms with van der Waals surface area (Å²) in [6.07, 6.45) is 1.74. The van der Waals surface area contributed by atoms with Crippen LogP contribution in [-0.4, -0.2) is 48.9 Å². The zero-order chi connectivity index (χ0) is 21.6. The van der Waals surface area contributed by atoms with Gasteiger partial charge in [-0.15, -0.1) is 0 Å². The Hall–Kier alpha value is -2.67. The van der Waals surface area contributed by atoms with Crippen LogP contribution in [0.1, 0.15) is 5.56 Å². The van der Waals surface area contributed by atoms with E-state index in [0.29, 0.717) is 17.2 Å². The molecule has 0 N–H and O–H groups in total. The number of hydrogen-bond acceptors (Lipinski definition) is 4. The fourth-order valence-corrected chi connectivity index (χ4v) is 3.68. The van der Waals surface area contributed by atoms with Gasteiger partial charge in [-0.05, 0) is 41.5 Å². The molecule has 162 valence electrons. The van der Waals surface area contributed by atoms with Gasteiger partial charge in [-0.2, -0.15) is 0 Å². The van der Waals surface area contributed by atoms with E-state index in [0.717, 1.165) is 49.7 Å². The lowest BCUT2D eigenvalue weighted by molar-refractivity contribution is 0.0322. The molecule has 0 saturated carbocycles. The highest BCUT2D eigenvalue weighted by Crippen LogP contribution is 2.22. The summed E-state index contributed by atoms with van der Waals surface area (Å²) in [5.41, 5.74) is 2.04. The molecular weight excluding hydrogens is 419 g/mol. The number of morpholine rings is 1. The molecule has 0 radical (unpaired) electrons. The van der Waals surface area contributed by atoms with Crippen molar-refractivity contribution in [2.45, 2.75) is 6.54 Å². The highest BCUT2D eigenvalue weighted by molar-refractivity contribution is 6.30. The summed E-state index contributed by atoms with van der Waals surface area (Å²) in [6.45, 7) is 5.07. The Bertz CT molecular complexity index is 1080. The molecule has 2 aromatic carbocycles. The van der Waals surface area contributed by atoms with E-state index in [9.17, 15) is 9.18 Å². The van der Waals surface area contributed by atoms with Crippen LogP contribution in [-0.2, 0) is 11.3 Å². The average Bonchev–Trinajstić information content (AvgIpc) is 2.78. The lowest BCUT2D eigenvalue weighted by Crippen LogP contribution is -2.38. The predicted octanol–water partition coefficient (Wildman–Crippen LogP) is 4.07. The number of pyridine rings is 1. The van der Waals surface area contributed by atoms with E-state index in [2.05, 4.69) is 4.90 Å². The van der Waals surface area contributed by atoms with Crippen LogP contribution in [0, 0.1) is 5.82 Å². The molecule has 31 heavy (non-hydrogen) atoms. The van der Waals surface area contributed by atoms with E-state index in [1.807, 2.05) is 24.3 Å². The van der Waals surface area contributed by atoms with Crippen LogP contribution >= 0.6 is 11.6 Å². The normalized spacial score (nSPS) is 14.5. The van der Waals surface area contributed by atoms with Crippen molar-refractivity contribution in [3.05, 3.63) is 87.6 Å². The van der Waals surface area contributed by atoms with Crippen molar-refractivity contribution >= 4 is 11.6 Å². The summed E-state index contributed by atoms with van der Waals surface area (Å²) < 4.78 is 26.8. The number of halogens is 2. The molecule has 0 aliphatic carbocycles. The molecule has 0 unspecified atom stereocenters. The number of aromatic nitrogens is 1. The summed E-state index contributed by atoms with van der Waals surface area (Å²) in [7, 11) is 0. The van der Waals surface area contributed by atoms with Crippen molar-refractivity contribution in [3.8, 4) is 16.9 Å². The first-order valence-corrected chi connectivity index (χ1v) is 10.6. The molecule has 0 spiro atoms. The quantitative estimate of drug-likeness (QED) is 0.553. The highest BCUT2D eigenvalue weighted by Gasteiger charge is 2.10. The zero-order valence-corrected chi connectivity index (χ0v) is 17.9. The third kappa shape index (κ3) is 5.73. The van der Waals surface area contributed by atoms with Crippen molar-refractivity contribution in [3.63, 3.8) is 0 Å². The lowest BCUT2D eigenvalue weighted by atomic mass is 10.1. The molecule has 7 heteroatoms. The van der Waals surface area contributed by atoms with Gasteiger partial charge in [0.1, 0.15) is 18.2 Å². The maximum Gasteiger partial charge on any atom is 0.250 e. The molecule has 1 aliphatic heterocycles. The second-order valence-corrected chi connectivity index (χ2v) is 7.88. The minimum absolute atomic E-state index is 0.137. The van der Waals surface area contributed by atoms with E-state index in [4.69, 9.17) is 21.1 Å². The van der Waals surface area contributed by atoms with Gasteiger partial charge in [-0.3, -0.25) is 9.69 Å². The lowest BCUT2D eigenvalue weighted by Gasteiger charge is -2.26. The maximum absolute atomic E-state index is 14.1. The number of hydrogen-bond donors (Lipinski definition) is 0. The topological polar surface area (TPSA) is 43.7 Å². The summed E-state index contributed by atoms with van der Waals surface area (Å²) in [6, 6.07) is 15.5. The van der Waals surface area contributed by atoms with E-state index >= 15 is 0 Å². The molecule has 0 bridgehead atoms. The minimum atomic E-state index is -0.427. The Labute approximate surface area is 185 Å². The number of rotatable bonds is 7. The molecule has 2 heterocycles. The summed E-state index contributed by atoms with van der Waals surface area (Å²) in [5.74, 6) is 0.372. The first-order valence-electron chi connectivity index (χ1n) is 10.3. The van der Waals surface area contributed by atoms with Crippen LogP contribution in [0.5, 0.6) is 5.75 Å². The Morgan fingerprint density at radius 3 is 2.48 bits per heavy atom. The van der Waals surface area contributed by atoms with Gasteiger partial charge >= 0.3 is 0 Å². The summed E-state index contributed by atoms with van der Waals surface area (Å²) in [5, 5.41) is 0.328. The summed E-state index contributed by atoms with van der Waals surface area (Å²) in [4.78, 5) is 14.6. The van der Waals surface area contributed by atoms with Crippen molar-refractivity contribution in [2.75, 3.05) is 39.5 Å². The number of ether oxygens (including phenoxy) is 2. The fourth-order valence-electron chi connectivity index (χ4n) is 3.52. The first kappa shape index (κ1) is 21.6. The van der Waals surface area contributed by atoms with Gasteiger partial charge in [0, 0.05) is 42.5 Å². The van der Waals surface area contributed by atoms with Crippen LogP contribution in [0.4, 0.5) is 4.39 Å². The van der Waals surface area contributed by atoms with Crippen molar-refractivity contribution in [2.24, 2.45) is 0 Å². The van der Waals surface area contributed by atoms with Crippen LogP contribution in [0.2, 0.25) is 5.02 Å². The predicted molar refractivity (Wildman–Crippen MR) is 119 cm³/mol. The van der Waals surface area contributed by atoms with Crippen LogP contribution in [0.25, 0.3) is 11.1 Å². The molecule has 1 fully saturated rings. The molecular formula is C24H24ClFN2O3. The molecule has 3 aromatic rings. The average molecular weight is 443 g/mol. The number of nitrogens with zero attached hydrogens (tertiary/aromatic N) is 2. The van der Waals surface area contributed by atoms with Crippen LogP contribution in [0.15, 0.2) is 65.6 Å². The summed E-state index contributed by atoms with van der Waals surface area (Å²) >= 11 is 5.81. The highest BCUT2D eigenvalue weighted by atomic mass is 35.5. The number of benzene rings is 2. The van der Waals surface area contributed by atoms with Gasteiger partial charge in [-0.25, -0.2) is 4.39 Å². The molecule has 0 atom stereocenters. The third-order valence-corrected chi connectivity index (χ3v) is 5.54. The molecule has 1 saturated heterocycles. The van der Waals surface area contributed by atoms with Crippen molar-refractivity contribution in [1.29, 1.82) is 0 Å². The van der Waals surface area contributed by atoms with Crippen molar-refractivity contribution in [1.82, 2.24) is 9.47 Å². The molecule has 4 rings (SSSR count). The van der Waals surface area contributed by atoms with E-state index in [-0.39, 0.29) is 12.1 Å². The van der Waals surface area contributed by atoms with Crippen LogP contribution < -0.4 is 10.3 Å². The Kier molecular flexibility index (Phi) is 7.02. The Morgan fingerprint density at radius 1 is 1.00 bits per heavy atom. The Morgan fingerprint density at radius 2 is 1.74 bits per heavy atom. The molecule has 5 nitrogen and oxygen atoms in total. The van der Waals surface area contributed by atoms with E-state index in [1.54, 1.807) is 24.4 Å². The first-order chi connectivity index (χ1) is 15.1. The second kappa shape index (κ2) is 10.1. The van der Waals surface area contributed by atoms with Gasteiger partial charge in [0.25, 0.3) is 5.56 Å². The fraction of sp³-hybridized carbons (Fsp3) is 0.292. The molecule has 1 aromatic heterocycles. The minimum Gasteiger partial charge on any atom is -0.492 e. The molecule has 1 aliphatic rings. The molecule has 0 amide bonds. The van der Waals surface area contributed by atoms with Crippen LogP contribution in [0.3, 0.4) is 0 Å². The zero-order valence-electron chi connectivity index (χ0n) is 17.1. The van der Waals surface area contributed by atoms with Gasteiger partial charge in [0.05, 0.1) is 19.8 Å². The van der Waals surface area contributed by atoms with Gasteiger partial charge < -0.3 is 14.0 Å². The largest absolute Gasteiger partial charge is 0.492 e. The standard InChI is InChI=1S/C24H24ClFN2O3/c25-21-5-1-20(23(26)15-21)17-28-16-19(4-8-24(28)29)18-2-6-22(7-3-18)31-14-11-27-9-12-30-13-10-27/h1-8,15-16H,9-14,17H2. The van der Waals surface area contributed by atoms with Gasteiger partial charge in [0.15, 0.2) is 0 Å². The Balaban J connectivity index is 1.42. The smallest absolute Gasteiger partial charge is 0.250 e. The SMILES string of the molecule is O=c1ccc(-c2ccc(OCCN3CCOCC3)cc2)cn1Cc1ccc(Cl)cc1F.